The molecule has 0 unspecified atom stereocenters. The molecule has 0 spiro atoms. The van der Waals surface area contributed by atoms with E-state index < -0.39 is 23.4 Å². The van der Waals surface area contributed by atoms with Crippen molar-refractivity contribution in [3.05, 3.63) is 29.8 Å². The smallest absolute Gasteiger partial charge is 0.418 e. The molecule has 0 heterocycles. The SMILES string of the molecule is CCOC(=O)/C(C#N)=N/Nc1ccccc1C(F)(F)F. The second kappa shape index (κ2) is 6.56. The number of carbonyl (C=O) groups is 1. The number of nitrogens with one attached hydrogen (secondary N) is 1. The molecule has 0 saturated heterocycles. The van der Waals surface area contributed by atoms with Gasteiger partial charge in [-0.2, -0.15) is 23.5 Å². The van der Waals surface area contributed by atoms with Crippen LogP contribution in [0.2, 0.25) is 0 Å². The predicted octanol–water partition coefficient (Wildman–Crippen LogP) is 2.56. The van der Waals surface area contributed by atoms with Crippen molar-refractivity contribution in [2.45, 2.75) is 13.1 Å². The number of anilines is 1. The van der Waals surface area contributed by atoms with Gasteiger partial charge in [-0.05, 0) is 19.1 Å². The first-order valence-corrected chi connectivity index (χ1v) is 5.47. The third kappa shape index (κ3) is 3.98. The topological polar surface area (TPSA) is 74.5 Å². The van der Waals surface area contributed by atoms with Crippen LogP contribution in [0.15, 0.2) is 29.4 Å². The van der Waals surface area contributed by atoms with Crippen LogP contribution in [-0.2, 0) is 15.7 Å². The molecule has 106 valence electrons. The molecule has 1 rings (SSSR count). The molecule has 0 aliphatic rings. The lowest BCUT2D eigenvalue weighted by atomic mass is 10.2. The van der Waals surface area contributed by atoms with Crippen molar-refractivity contribution in [3.8, 4) is 6.07 Å². The minimum absolute atomic E-state index is 0.0265. The Kier molecular flexibility index (Phi) is 5.08. The first kappa shape index (κ1) is 15.5. The molecule has 1 N–H and O–H groups in total. The molecule has 1 aromatic carbocycles. The molecule has 0 aliphatic heterocycles. The van der Waals surface area contributed by atoms with E-state index >= 15 is 0 Å². The number of para-hydroxylation sites is 1. The van der Waals surface area contributed by atoms with Gasteiger partial charge >= 0.3 is 12.1 Å². The van der Waals surface area contributed by atoms with E-state index in [4.69, 9.17) is 5.26 Å². The van der Waals surface area contributed by atoms with E-state index in [0.29, 0.717) is 0 Å². The molecular formula is C12H10F3N3O2. The lowest BCUT2D eigenvalue weighted by Crippen LogP contribution is -2.17. The fraction of sp³-hybridized carbons (Fsp3) is 0.250. The zero-order valence-corrected chi connectivity index (χ0v) is 10.4. The number of benzene rings is 1. The largest absolute Gasteiger partial charge is 0.461 e. The summed E-state index contributed by atoms with van der Waals surface area (Å²) in [5.41, 5.74) is 0.0740. The van der Waals surface area contributed by atoms with Crippen LogP contribution in [-0.4, -0.2) is 18.3 Å². The number of hydrazone groups is 1. The third-order valence-corrected chi connectivity index (χ3v) is 2.10. The number of ether oxygens (including phenoxy) is 1. The van der Waals surface area contributed by atoms with Crippen molar-refractivity contribution < 1.29 is 22.7 Å². The molecule has 0 saturated carbocycles. The van der Waals surface area contributed by atoms with Crippen LogP contribution in [0.25, 0.3) is 0 Å². The number of alkyl halides is 3. The fourth-order valence-electron chi connectivity index (χ4n) is 1.26. The van der Waals surface area contributed by atoms with Gasteiger partial charge in [-0.25, -0.2) is 4.79 Å². The standard InChI is InChI=1S/C12H10F3N3O2/c1-2-20-11(19)10(7-16)18-17-9-6-4-3-5-8(9)12(13,14)15/h3-6,17H,2H2,1H3/b18-10+. The number of nitriles is 1. The summed E-state index contributed by atoms with van der Waals surface area (Å²) in [4.78, 5) is 11.2. The Balaban J connectivity index is 3.00. The lowest BCUT2D eigenvalue weighted by Gasteiger charge is -2.11. The van der Waals surface area contributed by atoms with Crippen LogP contribution in [0.3, 0.4) is 0 Å². The number of rotatable bonds is 4. The number of esters is 1. The Morgan fingerprint density at radius 2 is 2.10 bits per heavy atom. The van der Waals surface area contributed by atoms with E-state index in [9.17, 15) is 18.0 Å². The number of carbonyl (C=O) groups excluding carboxylic acids is 1. The zero-order valence-electron chi connectivity index (χ0n) is 10.4. The van der Waals surface area contributed by atoms with Crippen LogP contribution < -0.4 is 5.43 Å². The normalized spacial score (nSPS) is 11.7. The van der Waals surface area contributed by atoms with Crippen molar-refractivity contribution in [2.24, 2.45) is 5.10 Å². The molecular weight excluding hydrogens is 275 g/mol. The fourth-order valence-corrected chi connectivity index (χ4v) is 1.26. The Hall–Kier alpha value is -2.56. The van der Waals surface area contributed by atoms with E-state index in [0.717, 1.165) is 12.1 Å². The highest BCUT2D eigenvalue weighted by atomic mass is 19.4. The minimum atomic E-state index is -4.57. The molecule has 20 heavy (non-hydrogen) atoms. The number of hydrogen-bond donors (Lipinski definition) is 1. The van der Waals surface area contributed by atoms with Gasteiger partial charge < -0.3 is 4.74 Å². The van der Waals surface area contributed by atoms with E-state index in [2.05, 4.69) is 15.3 Å². The van der Waals surface area contributed by atoms with Gasteiger partial charge in [-0.3, -0.25) is 5.43 Å². The molecule has 0 atom stereocenters. The summed E-state index contributed by atoms with van der Waals surface area (Å²) in [5.74, 6) is -1.01. The van der Waals surface area contributed by atoms with Crippen molar-refractivity contribution in [2.75, 3.05) is 12.0 Å². The number of halogens is 3. The molecule has 1 aromatic rings. The van der Waals surface area contributed by atoms with Crippen molar-refractivity contribution in [1.82, 2.24) is 0 Å². The maximum absolute atomic E-state index is 12.7. The first-order chi connectivity index (χ1) is 9.40. The van der Waals surface area contributed by atoms with Gasteiger partial charge in [0.25, 0.3) is 0 Å². The van der Waals surface area contributed by atoms with Gasteiger partial charge in [0.05, 0.1) is 17.9 Å². The summed E-state index contributed by atoms with van der Waals surface area (Å²) in [6.45, 7) is 1.55. The molecule has 0 aromatic heterocycles. The summed E-state index contributed by atoms with van der Waals surface area (Å²) in [7, 11) is 0. The van der Waals surface area contributed by atoms with Gasteiger partial charge in [-0.15, -0.1) is 0 Å². The summed E-state index contributed by atoms with van der Waals surface area (Å²) in [5, 5.41) is 12.0. The minimum Gasteiger partial charge on any atom is -0.461 e. The summed E-state index contributed by atoms with van der Waals surface area (Å²) < 4.78 is 42.6. The highest BCUT2D eigenvalue weighted by molar-refractivity contribution is 6.43. The van der Waals surface area contributed by atoms with Gasteiger partial charge in [0.1, 0.15) is 6.07 Å². The van der Waals surface area contributed by atoms with Gasteiger partial charge in [-0.1, -0.05) is 12.1 Å². The molecule has 0 bridgehead atoms. The summed E-state index contributed by atoms with van der Waals surface area (Å²) in [6, 6.07) is 6.01. The highest BCUT2D eigenvalue weighted by Crippen LogP contribution is 2.34. The quantitative estimate of drug-likeness (QED) is 0.524. The molecule has 0 radical (unpaired) electrons. The summed E-state index contributed by atoms with van der Waals surface area (Å²) in [6.07, 6.45) is -4.57. The monoisotopic (exact) mass is 285 g/mol. The maximum Gasteiger partial charge on any atom is 0.418 e. The van der Waals surface area contributed by atoms with E-state index in [1.165, 1.54) is 25.1 Å². The van der Waals surface area contributed by atoms with Crippen LogP contribution in [0, 0.1) is 11.3 Å². The Bertz CT molecular complexity index is 562. The van der Waals surface area contributed by atoms with Crippen molar-refractivity contribution in [3.63, 3.8) is 0 Å². The third-order valence-electron chi connectivity index (χ3n) is 2.10. The zero-order chi connectivity index (χ0) is 15.2. The van der Waals surface area contributed by atoms with E-state index in [-0.39, 0.29) is 12.3 Å². The number of nitrogens with zero attached hydrogens (tertiary/aromatic N) is 2. The second-order valence-electron chi connectivity index (χ2n) is 3.45. The molecule has 8 heteroatoms. The van der Waals surface area contributed by atoms with Crippen LogP contribution in [0.1, 0.15) is 12.5 Å². The van der Waals surface area contributed by atoms with Crippen LogP contribution in [0.5, 0.6) is 0 Å². The average Bonchev–Trinajstić information content (AvgIpc) is 2.39. The number of hydrogen-bond acceptors (Lipinski definition) is 5. The first-order valence-electron chi connectivity index (χ1n) is 5.47. The van der Waals surface area contributed by atoms with Gasteiger partial charge in [0, 0.05) is 0 Å². The van der Waals surface area contributed by atoms with Crippen LogP contribution >= 0.6 is 0 Å². The van der Waals surface area contributed by atoms with E-state index in [1.54, 1.807) is 0 Å². The average molecular weight is 285 g/mol. The second-order valence-corrected chi connectivity index (χ2v) is 3.45. The Morgan fingerprint density at radius 3 is 2.65 bits per heavy atom. The lowest BCUT2D eigenvalue weighted by molar-refractivity contribution is -0.137. The van der Waals surface area contributed by atoms with Gasteiger partial charge in [0.15, 0.2) is 0 Å². The van der Waals surface area contributed by atoms with Crippen LogP contribution in [0.4, 0.5) is 18.9 Å². The van der Waals surface area contributed by atoms with Crippen molar-refractivity contribution >= 4 is 17.4 Å². The Labute approximate surface area is 112 Å². The molecule has 0 fully saturated rings. The molecule has 0 aliphatic carbocycles. The predicted molar refractivity (Wildman–Crippen MR) is 64.7 cm³/mol. The molecule has 0 amide bonds. The summed E-state index contributed by atoms with van der Waals surface area (Å²) >= 11 is 0. The Morgan fingerprint density at radius 1 is 1.45 bits per heavy atom. The van der Waals surface area contributed by atoms with Crippen molar-refractivity contribution in [1.29, 1.82) is 5.26 Å². The maximum atomic E-state index is 12.7. The van der Waals surface area contributed by atoms with Gasteiger partial charge in [0.2, 0.25) is 5.71 Å². The van der Waals surface area contributed by atoms with E-state index in [1.807, 2.05) is 0 Å². The molecule has 5 nitrogen and oxygen atoms in total. The highest BCUT2D eigenvalue weighted by Gasteiger charge is 2.33.